The highest BCUT2D eigenvalue weighted by atomic mass is 32.1. The van der Waals surface area contributed by atoms with Gasteiger partial charge in [-0.05, 0) is 35.7 Å². The number of ether oxygens (including phenoxy) is 1. The Kier molecular flexibility index (Phi) is 4.78. The molecule has 2 aromatic heterocycles. The molecule has 4 nitrogen and oxygen atoms in total. The molecular weight excluding hydrogens is 246 g/mol. The van der Waals surface area contributed by atoms with E-state index in [1.54, 1.807) is 18.4 Å². The highest BCUT2D eigenvalue weighted by Gasteiger charge is 2.04. The van der Waals surface area contributed by atoms with E-state index in [1.165, 1.54) is 5.56 Å². The SMILES string of the molecule is COCCn1cc(C)nc1NCCc1ccsc1. The lowest BCUT2D eigenvalue weighted by atomic mass is 10.2. The maximum absolute atomic E-state index is 5.10. The van der Waals surface area contributed by atoms with Crippen LogP contribution in [0.5, 0.6) is 0 Å². The largest absolute Gasteiger partial charge is 0.383 e. The van der Waals surface area contributed by atoms with Crippen LogP contribution in [-0.4, -0.2) is 29.8 Å². The van der Waals surface area contributed by atoms with E-state index in [0.29, 0.717) is 6.61 Å². The summed E-state index contributed by atoms with van der Waals surface area (Å²) in [6, 6.07) is 2.16. The first-order chi connectivity index (χ1) is 8.79. The molecule has 0 aliphatic rings. The summed E-state index contributed by atoms with van der Waals surface area (Å²) in [5.74, 6) is 0.930. The van der Waals surface area contributed by atoms with Gasteiger partial charge in [0, 0.05) is 26.4 Å². The predicted molar refractivity (Wildman–Crippen MR) is 75.4 cm³/mol. The fraction of sp³-hybridized carbons (Fsp3) is 0.462. The summed E-state index contributed by atoms with van der Waals surface area (Å²) in [5.41, 5.74) is 2.41. The number of hydrogen-bond acceptors (Lipinski definition) is 4. The Bertz CT molecular complexity index is 465. The molecule has 2 heterocycles. The molecule has 0 saturated carbocycles. The van der Waals surface area contributed by atoms with Gasteiger partial charge in [0.15, 0.2) is 0 Å². The van der Waals surface area contributed by atoms with Gasteiger partial charge in [0.25, 0.3) is 0 Å². The number of nitrogens with zero attached hydrogens (tertiary/aromatic N) is 2. The van der Waals surface area contributed by atoms with Crippen LogP contribution in [0.2, 0.25) is 0 Å². The van der Waals surface area contributed by atoms with Crippen LogP contribution in [0.4, 0.5) is 5.95 Å². The second kappa shape index (κ2) is 6.56. The van der Waals surface area contributed by atoms with Crippen molar-refractivity contribution in [2.24, 2.45) is 0 Å². The number of anilines is 1. The first kappa shape index (κ1) is 13.1. The van der Waals surface area contributed by atoms with Crippen LogP contribution < -0.4 is 5.32 Å². The minimum atomic E-state index is 0.703. The Hall–Kier alpha value is -1.33. The van der Waals surface area contributed by atoms with Gasteiger partial charge in [0.2, 0.25) is 5.95 Å². The van der Waals surface area contributed by atoms with E-state index >= 15 is 0 Å². The van der Waals surface area contributed by atoms with Crippen LogP contribution in [0.3, 0.4) is 0 Å². The molecule has 5 heteroatoms. The fourth-order valence-corrected chi connectivity index (χ4v) is 2.50. The van der Waals surface area contributed by atoms with E-state index in [9.17, 15) is 0 Å². The molecule has 2 rings (SSSR count). The summed E-state index contributed by atoms with van der Waals surface area (Å²) >= 11 is 1.74. The maximum Gasteiger partial charge on any atom is 0.203 e. The number of aryl methyl sites for hydroxylation is 1. The lowest BCUT2D eigenvalue weighted by Crippen LogP contribution is -2.12. The number of aromatic nitrogens is 2. The average molecular weight is 265 g/mol. The summed E-state index contributed by atoms with van der Waals surface area (Å²) in [6.07, 6.45) is 3.08. The molecule has 2 aromatic rings. The standard InChI is InChI=1S/C13H19N3OS/c1-11-9-16(6-7-17-2)13(15-11)14-5-3-12-4-8-18-10-12/h4,8-10H,3,5-7H2,1-2H3,(H,14,15). The molecule has 0 unspecified atom stereocenters. The van der Waals surface area contributed by atoms with Gasteiger partial charge in [0.1, 0.15) is 0 Å². The first-order valence-electron chi connectivity index (χ1n) is 6.07. The van der Waals surface area contributed by atoms with E-state index in [0.717, 1.165) is 31.2 Å². The predicted octanol–water partition coefficient (Wildman–Crippen LogP) is 2.55. The third-order valence-corrected chi connectivity index (χ3v) is 3.44. The third kappa shape index (κ3) is 3.58. The maximum atomic E-state index is 5.10. The summed E-state index contributed by atoms with van der Waals surface area (Å²) in [6.45, 7) is 4.45. The van der Waals surface area contributed by atoms with Gasteiger partial charge in [-0.3, -0.25) is 0 Å². The van der Waals surface area contributed by atoms with Crippen LogP contribution in [0.25, 0.3) is 0 Å². The van der Waals surface area contributed by atoms with Gasteiger partial charge in [-0.15, -0.1) is 0 Å². The van der Waals surface area contributed by atoms with Gasteiger partial charge < -0.3 is 14.6 Å². The van der Waals surface area contributed by atoms with Gasteiger partial charge in [-0.2, -0.15) is 11.3 Å². The molecule has 0 saturated heterocycles. The summed E-state index contributed by atoms with van der Waals surface area (Å²) in [7, 11) is 1.72. The number of thiophene rings is 1. The zero-order valence-corrected chi connectivity index (χ0v) is 11.7. The normalized spacial score (nSPS) is 10.8. The molecule has 0 radical (unpaired) electrons. The summed E-state index contributed by atoms with van der Waals surface area (Å²) < 4.78 is 7.20. The fourth-order valence-electron chi connectivity index (χ4n) is 1.80. The molecule has 0 fully saturated rings. The van der Waals surface area contributed by atoms with Crippen LogP contribution in [0.1, 0.15) is 11.3 Å². The van der Waals surface area contributed by atoms with Gasteiger partial charge in [-0.25, -0.2) is 4.98 Å². The van der Waals surface area contributed by atoms with Crippen molar-refractivity contribution < 1.29 is 4.74 Å². The summed E-state index contributed by atoms with van der Waals surface area (Å²) in [5, 5.41) is 7.68. The zero-order valence-electron chi connectivity index (χ0n) is 10.8. The van der Waals surface area contributed by atoms with Crippen LogP contribution >= 0.6 is 11.3 Å². The molecule has 0 amide bonds. The Balaban J connectivity index is 1.87. The van der Waals surface area contributed by atoms with Crippen molar-refractivity contribution in [3.8, 4) is 0 Å². The lowest BCUT2D eigenvalue weighted by Gasteiger charge is -2.08. The third-order valence-electron chi connectivity index (χ3n) is 2.71. The van der Waals surface area contributed by atoms with Crippen molar-refractivity contribution in [3.05, 3.63) is 34.3 Å². The van der Waals surface area contributed by atoms with Gasteiger partial charge in [0.05, 0.1) is 12.3 Å². The first-order valence-corrected chi connectivity index (χ1v) is 7.01. The molecular formula is C13H19N3OS. The Labute approximate surface area is 112 Å². The molecule has 98 valence electrons. The van der Waals surface area contributed by atoms with Crippen LogP contribution in [0.15, 0.2) is 23.0 Å². The van der Waals surface area contributed by atoms with E-state index in [-0.39, 0.29) is 0 Å². The van der Waals surface area contributed by atoms with Crippen molar-refractivity contribution in [1.82, 2.24) is 9.55 Å². The van der Waals surface area contributed by atoms with Crippen molar-refractivity contribution in [1.29, 1.82) is 0 Å². The van der Waals surface area contributed by atoms with Crippen LogP contribution in [-0.2, 0) is 17.7 Å². The second-order valence-corrected chi connectivity index (χ2v) is 4.98. The minimum Gasteiger partial charge on any atom is -0.383 e. The Morgan fingerprint density at radius 2 is 2.39 bits per heavy atom. The number of imidazole rings is 1. The second-order valence-electron chi connectivity index (χ2n) is 4.20. The minimum absolute atomic E-state index is 0.703. The molecule has 0 aliphatic heterocycles. The van der Waals surface area contributed by atoms with Crippen molar-refractivity contribution in [3.63, 3.8) is 0 Å². The Morgan fingerprint density at radius 1 is 1.50 bits per heavy atom. The molecule has 0 bridgehead atoms. The molecule has 1 N–H and O–H groups in total. The number of nitrogens with one attached hydrogen (secondary N) is 1. The van der Waals surface area contributed by atoms with Crippen molar-refractivity contribution in [2.45, 2.75) is 19.9 Å². The van der Waals surface area contributed by atoms with E-state index < -0.39 is 0 Å². The van der Waals surface area contributed by atoms with E-state index in [4.69, 9.17) is 4.74 Å². The molecule has 0 atom stereocenters. The highest BCUT2D eigenvalue weighted by molar-refractivity contribution is 7.07. The number of methoxy groups -OCH3 is 1. The molecule has 0 aromatic carbocycles. The Morgan fingerprint density at radius 3 is 3.11 bits per heavy atom. The summed E-state index contributed by atoms with van der Waals surface area (Å²) in [4.78, 5) is 4.48. The van der Waals surface area contributed by atoms with E-state index in [1.807, 2.05) is 13.1 Å². The smallest absolute Gasteiger partial charge is 0.203 e. The molecule has 0 aliphatic carbocycles. The topological polar surface area (TPSA) is 39.1 Å². The van der Waals surface area contributed by atoms with Crippen LogP contribution in [0, 0.1) is 6.92 Å². The highest BCUT2D eigenvalue weighted by Crippen LogP contribution is 2.10. The lowest BCUT2D eigenvalue weighted by molar-refractivity contribution is 0.187. The molecule has 18 heavy (non-hydrogen) atoms. The quantitative estimate of drug-likeness (QED) is 0.836. The van der Waals surface area contributed by atoms with Gasteiger partial charge in [-0.1, -0.05) is 0 Å². The van der Waals surface area contributed by atoms with E-state index in [2.05, 4.69) is 31.7 Å². The zero-order chi connectivity index (χ0) is 12.8. The monoisotopic (exact) mass is 265 g/mol. The number of rotatable bonds is 7. The van der Waals surface area contributed by atoms with Crippen molar-refractivity contribution >= 4 is 17.3 Å². The molecule has 0 spiro atoms. The average Bonchev–Trinajstić information content (AvgIpc) is 2.97. The number of hydrogen-bond donors (Lipinski definition) is 1. The van der Waals surface area contributed by atoms with Crippen molar-refractivity contribution in [2.75, 3.05) is 25.6 Å². The van der Waals surface area contributed by atoms with Gasteiger partial charge >= 0.3 is 0 Å².